The van der Waals surface area contributed by atoms with Gasteiger partial charge in [0.25, 0.3) is 0 Å². The second kappa shape index (κ2) is 9.55. The summed E-state index contributed by atoms with van der Waals surface area (Å²) in [5, 5.41) is 8.81. The largest absolute Gasteiger partial charge is 0.478 e. The van der Waals surface area contributed by atoms with Crippen molar-refractivity contribution in [1.82, 2.24) is 0 Å². The molecule has 0 aromatic heterocycles. The van der Waals surface area contributed by atoms with E-state index in [0.29, 0.717) is 6.61 Å². The Morgan fingerprint density at radius 2 is 1.84 bits per heavy atom. The van der Waals surface area contributed by atoms with Gasteiger partial charge in [0.2, 0.25) is 0 Å². The van der Waals surface area contributed by atoms with Gasteiger partial charge in [0.1, 0.15) is 0 Å². The molecule has 19 heavy (non-hydrogen) atoms. The Kier molecular flexibility index (Phi) is 8.87. The summed E-state index contributed by atoms with van der Waals surface area (Å²) in [6.45, 7) is 2.50. The molecular formula is C14H19BrO4. The molecule has 0 fully saturated rings. The van der Waals surface area contributed by atoms with E-state index < -0.39 is 11.9 Å². The Morgan fingerprint density at radius 3 is 2.47 bits per heavy atom. The van der Waals surface area contributed by atoms with Crippen molar-refractivity contribution in [2.24, 2.45) is 0 Å². The molecule has 0 radical (unpaired) electrons. The Labute approximate surface area is 123 Å². The molecule has 1 aromatic carbocycles. The van der Waals surface area contributed by atoms with E-state index >= 15 is 0 Å². The molecule has 0 saturated carbocycles. The first-order valence-corrected chi connectivity index (χ1v) is 6.15. The minimum Gasteiger partial charge on any atom is -0.478 e. The van der Waals surface area contributed by atoms with E-state index in [2.05, 4.69) is 6.92 Å². The average molecular weight is 331 g/mol. The fraction of sp³-hybridized carbons (Fsp3) is 0.429. The number of rotatable bonds is 7. The van der Waals surface area contributed by atoms with Crippen molar-refractivity contribution >= 4 is 28.9 Å². The minimum atomic E-state index is -1.05. The smallest absolute Gasteiger partial charge is 0.338 e. The lowest BCUT2D eigenvalue weighted by atomic mass is 10.1. The normalized spacial score (nSPS) is 9.53. The summed E-state index contributed by atoms with van der Waals surface area (Å²) in [4.78, 5) is 22.4. The van der Waals surface area contributed by atoms with Crippen molar-refractivity contribution in [3.63, 3.8) is 0 Å². The maximum Gasteiger partial charge on any atom is 0.338 e. The van der Waals surface area contributed by atoms with Gasteiger partial charge < -0.3 is 9.84 Å². The van der Waals surface area contributed by atoms with Gasteiger partial charge in [-0.25, -0.2) is 9.59 Å². The van der Waals surface area contributed by atoms with Crippen LogP contribution in [-0.2, 0) is 4.74 Å². The Morgan fingerprint density at radius 1 is 1.16 bits per heavy atom. The number of ether oxygens (including phenoxy) is 1. The predicted molar refractivity (Wildman–Crippen MR) is 78.1 cm³/mol. The molecule has 106 valence electrons. The highest BCUT2D eigenvalue weighted by atomic mass is 79.9. The molecule has 0 saturated heterocycles. The lowest BCUT2D eigenvalue weighted by Crippen LogP contribution is -2.08. The van der Waals surface area contributed by atoms with Crippen LogP contribution in [0.25, 0.3) is 0 Å². The highest BCUT2D eigenvalue weighted by molar-refractivity contribution is 8.93. The quantitative estimate of drug-likeness (QED) is 0.611. The van der Waals surface area contributed by atoms with Crippen molar-refractivity contribution < 1.29 is 19.4 Å². The van der Waals surface area contributed by atoms with E-state index in [4.69, 9.17) is 9.84 Å². The molecule has 1 N–H and O–H groups in total. The molecule has 0 aliphatic rings. The number of carboxylic acids is 1. The molecule has 0 amide bonds. The molecule has 0 bridgehead atoms. The van der Waals surface area contributed by atoms with E-state index in [1.165, 1.54) is 18.2 Å². The zero-order valence-electron chi connectivity index (χ0n) is 10.9. The lowest BCUT2D eigenvalue weighted by Gasteiger charge is -2.05. The van der Waals surface area contributed by atoms with Gasteiger partial charge in [-0.3, -0.25) is 0 Å². The summed E-state index contributed by atoms with van der Waals surface area (Å²) < 4.78 is 5.08. The van der Waals surface area contributed by atoms with Gasteiger partial charge in [-0.2, -0.15) is 0 Å². The SMILES string of the molecule is Br.CCCCCCOC(=O)c1cccc(C(=O)O)c1. The number of carbonyl (C=O) groups is 2. The summed E-state index contributed by atoms with van der Waals surface area (Å²) in [5.74, 6) is -1.51. The zero-order chi connectivity index (χ0) is 13.4. The van der Waals surface area contributed by atoms with Gasteiger partial charge >= 0.3 is 11.9 Å². The first-order chi connectivity index (χ1) is 8.65. The van der Waals surface area contributed by atoms with Crippen molar-refractivity contribution in [3.05, 3.63) is 35.4 Å². The molecule has 0 aliphatic heterocycles. The minimum absolute atomic E-state index is 0. The van der Waals surface area contributed by atoms with Gasteiger partial charge in [0.05, 0.1) is 17.7 Å². The molecule has 0 unspecified atom stereocenters. The van der Waals surface area contributed by atoms with Gasteiger partial charge in [-0.05, 0) is 24.6 Å². The molecule has 0 spiro atoms. The van der Waals surface area contributed by atoms with Crippen LogP contribution in [-0.4, -0.2) is 23.7 Å². The molecule has 0 heterocycles. The van der Waals surface area contributed by atoms with Crippen LogP contribution in [0.4, 0.5) is 0 Å². The number of carbonyl (C=O) groups excluding carboxylic acids is 1. The standard InChI is InChI=1S/C14H18O4.BrH/c1-2-3-4-5-9-18-14(17)12-8-6-7-11(10-12)13(15)16;/h6-8,10H,2-5,9H2,1H3,(H,15,16);1H. The van der Waals surface area contributed by atoms with Crippen LogP contribution in [0.3, 0.4) is 0 Å². The van der Waals surface area contributed by atoms with E-state index in [0.717, 1.165) is 25.7 Å². The number of esters is 1. The number of benzene rings is 1. The van der Waals surface area contributed by atoms with Crippen LogP contribution in [0.5, 0.6) is 0 Å². The first kappa shape index (κ1) is 17.6. The number of halogens is 1. The van der Waals surface area contributed by atoms with E-state index in [-0.39, 0.29) is 28.1 Å². The van der Waals surface area contributed by atoms with Crippen molar-refractivity contribution in [3.8, 4) is 0 Å². The second-order valence-electron chi connectivity index (χ2n) is 4.08. The molecule has 0 aliphatic carbocycles. The summed E-state index contributed by atoms with van der Waals surface area (Å²) in [6.07, 6.45) is 4.15. The zero-order valence-corrected chi connectivity index (χ0v) is 12.6. The molecule has 4 nitrogen and oxygen atoms in total. The molecule has 5 heteroatoms. The van der Waals surface area contributed by atoms with Gasteiger partial charge in [0.15, 0.2) is 0 Å². The third-order valence-electron chi connectivity index (χ3n) is 2.58. The fourth-order valence-electron chi connectivity index (χ4n) is 1.56. The fourth-order valence-corrected chi connectivity index (χ4v) is 1.56. The number of carboxylic acid groups (broad SMARTS) is 1. The lowest BCUT2D eigenvalue weighted by molar-refractivity contribution is 0.0498. The number of aromatic carboxylic acids is 1. The second-order valence-corrected chi connectivity index (χ2v) is 4.08. The highest BCUT2D eigenvalue weighted by Crippen LogP contribution is 2.08. The van der Waals surface area contributed by atoms with Gasteiger partial charge in [0, 0.05) is 0 Å². The van der Waals surface area contributed by atoms with Crippen LogP contribution in [0.1, 0.15) is 53.3 Å². The number of hydrogen-bond donors (Lipinski definition) is 1. The van der Waals surface area contributed by atoms with Crippen LogP contribution in [0, 0.1) is 0 Å². The maximum absolute atomic E-state index is 11.6. The number of unbranched alkanes of at least 4 members (excludes halogenated alkanes) is 3. The molecule has 1 aromatic rings. The van der Waals surface area contributed by atoms with Crippen LogP contribution < -0.4 is 0 Å². The summed E-state index contributed by atoms with van der Waals surface area (Å²) in [6, 6.07) is 5.87. The van der Waals surface area contributed by atoms with E-state index in [9.17, 15) is 9.59 Å². The maximum atomic E-state index is 11.6. The summed E-state index contributed by atoms with van der Waals surface area (Å²) >= 11 is 0. The molecule has 0 atom stereocenters. The van der Waals surface area contributed by atoms with Gasteiger partial charge in [-0.1, -0.05) is 32.3 Å². The Hall–Kier alpha value is -1.36. The van der Waals surface area contributed by atoms with Crippen LogP contribution in [0.2, 0.25) is 0 Å². The first-order valence-electron chi connectivity index (χ1n) is 6.15. The van der Waals surface area contributed by atoms with Crippen LogP contribution in [0.15, 0.2) is 24.3 Å². The average Bonchev–Trinajstić information content (AvgIpc) is 2.38. The predicted octanol–water partition coefficient (Wildman–Crippen LogP) is 3.70. The summed E-state index contributed by atoms with van der Waals surface area (Å²) in [5.41, 5.74) is 0.376. The van der Waals surface area contributed by atoms with Crippen molar-refractivity contribution in [1.29, 1.82) is 0 Å². The monoisotopic (exact) mass is 330 g/mol. The van der Waals surface area contributed by atoms with Crippen molar-refractivity contribution in [2.45, 2.75) is 32.6 Å². The van der Waals surface area contributed by atoms with Crippen LogP contribution >= 0.6 is 17.0 Å². The topological polar surface area (TPSA) is 63.6 Å². The van der Waals surface area contributed by atoms with E-state index in [1.807, 2.05) is 0 Å². The number of hydrogen-bond acceptors (Lipinski definition) is 3. The van der Waals surface area contributed by atoms with Gasteiger partial charge in [-0.15, -0.1) is 17.0 Å². The van der Waals surface area contributed by atoms with Crippen molar-refractivity contribution in [2.75, 3.05) is 6.61 Å². The molecular weight excluding hydrogens is 312 g/mol. The Bertz CT molecular complexity index is 418. The van der Waals surface area contributed by atoms with E-state index in [1.54, 1.807) is 6.07 Å². The highest BCUT2D eigenvalue weighted by Gasteiger charge is 2.10. The third kappa shape index (κ3) is 6.38. The Balaban J connectivity index is 0.00000324. The molecule has 1 rings (SSSR count). The summed E-state index contributed by atoms with van der Waals surface area (Å²) in [7, 11) is 0. The third-order valence-corrected chi connectivity index (χ3v) is 2.58.